The van der Waals surface area contributed by atoms with E-state index in [-0.39, 0.29) is 0 Å². The van der Waals surface area contributed by atoms with Gasteiger partial charge < -0.3 is 18.6 Å². The van der Waals surface area contributed by atoms with Crippen LogP contribution in [0.2, 0.25) is 0 Å². The average Bonchev–Trinajstić information content (AvgIpc) is 3.65. The van der Waals surface area contributed by atoms with Crippen molar-refractivity contribution in [2.24, 2.45) is 0 Å². The second-order valence-electron chi connectivity index (χ2n) is 8.59. The zero-order chi connectivity index (χ0) is 25.2. The average molecular weight is 512 g/mol. The van der Waals surface area contributed by atoms with Crippen molar-refractivity contribution in [2.45, 2.75) is 26.6 Å². The van der Waals surface area contributed by atoms with Gasteiger partial charge >= 0.3 is 0 Å². The highest BCUT2D eigenvalue weighted by Crippen LogP contribution is 2.36. The van der Waals surface area contributed by atoms with Crippen molar-refractivity contribution in [3.8, 4) is 28.1 Å². The summed E-state index contributed by atoms with van der Waals surface area (Å²) in [4.78, 5) is 5.19. The number of hydrogen-bond acceptors (Lipinski definition) is 7. The molecule has 0 bridgehead atoms. The number of nitrogens with zero attached hydrogens (tertiary/aromatic N) is 3. The van der Waals surface area contributed by atoms with Crippen molar-refractivity contribution < 1.29 is 18.6 Å². The van der Waals surface area contributed by atoms with E-state index in [4.69, 9.17) is 18.6 Å². The molecule has 3 aromatic heterocycles. The maximum Gasteiger partial charge on any atom is 0.294 e. The molecule has 0 radical (unpaired) electrons. The number of rotatable bonds is 9. The highest BCUT2D eigenvalue weighted by Gasteiger charge is 2.18. The van der Waals surface area contributed by atoms with Gasteiger partial charge in [-0.25, -0.2) is 4.98 Å². The molecule has 0 atom stereocenters. The van der Waals surface area contributed by atoms with Gasteiger partial charge in [0.2, 0.25) is 4.96 Å². The Morgan fingerprint density at radius 1 is 0.892 bits per heavy atom. The van der Waals surface area contributed by atoms with Crippen LogP contribution >= 0.6 is 11.3 Å². The van der Waals surface area contributed by atoms with Crippen LogP contribution in [-0.4, -0.2) is 21.7 Å². The molecule has 0 unspecified atom stereocenters. The molecule has 3 heterocycles. The largest absolute Gasteiger partial charge is 0.489 e. The Morgan fingerprint density at radius 2 is 1.73 bits per heavy atom. The van der Waals surface area contributed by atoms with Crippen LogP contribution in [0.1, 0.15) is 23.6 Å². The number of ether oxygens (including phenoxy) is 3. The molecule has 0 amide bonds. The molecule has 6 aromatic rings. The first-order valence-corrected chi connectivity index (χ1v) is 12.9. The highest BCUT2D eigenvalue weighted by molar-refractivity contribution is 7.18. The Kier molecular flexibility index (Phi) is 6.24. The van der Waals surface area contributed by atoms with Gasteiger partial charge in [0.25, 0.3) is 5.19 Å². The minimum atomic E-state index is 0.408. The first-order chi connectivity index (χ1) is 18.2. The van der Waals surface area contributed by atoms with E-state index in [0.717, 1.165) is 56.2 Å². The lowest BCUT2D eigenvalue weighted by molar-refractivity contribution is 0.297. The predicted molar refractivity (Wildman–Crippen MR) is 144 cm³/mol. The Hall–Kier alpha value is -4.30. The normalized spacial score (nSPS) is 11.3. The second kappa shape index (κ2) is 9.99. The topological polar surface area (TPSA) is 71.0 Å². The number of aryl methyl sites for hydroxylation is 1. The summed E-state index contributed by atoms with van der Waals surface area (Å²) in [6.07, 6.45) is 2.63. The molecular weight excluding hydrogens is 486 g/mol. The van der Waals surface area contributed by atoms with E-state index in [0.29, 0.717) is 24.2 Å². The van der Waals surface area contributed by atoms with Gasteiger partial charge in [0.15, 0.2) is 5.76 Å². The van der Waals surface area contributed by atoms with E-state index in [2.05, 4.69) is 41.3 Å². The van der Waals surface area contributed by atoms with E-state index in [1.165, 1.54) is 11.3 Å². The van der Waals surface area contributed by atoms with Crippen molar-refractivity contribution in [3.63, 3.8) is 0 Å². The molecule has 0 spiro atoms. The maximum absolute atomic E-state index is 6.33. The minimum Gasteiger partial charge on any atom is -0.489 e. The van der Waals surface area contributed by atoms with Crippen LogP contribution in [-0.2, 0) is 19.6 Å². The zero-order valence-corrected chi connectivity index (χ0v) is 21.3. The number of furan rings is 1. The van der Waals surface area contributed by atoms with Gasteiger partial charge in [-0.05, 0) is 64.8 Å². The lowest BCUT2D eigenvalue weighted by atomic mass is 10.1. The van der Waals surface area contributed by atoms with Gasteiger partial charge in [0.1, 0.15) is 36.0 Å². The maximum atomic E-state index is 6.33. The quantitative estimate of drug-likeness (QED) is 0.210. The third-order valence-electron chi connectivity index (χ3n) is 6.10. The number of imidazole rings is 1. The molecular formula is C29H25N3O4S. The van der Waals surface area contributed by atoms with E-state index in [1.54, 1.807) is 17.8 Å². The standard InChI is InChI=1S/C29H25N3O4S/c1-3-19-13-25(35-18-21-10-7-11-22(12-21)34-17-20-8-5-4-6-9-20)23-15-27(36-26(23)14-19)24-16-30-28-32(24)31-29(33-2)37-28/h4-16H,3,17-18H2,1-2H3. The van der Waals surface area contributed by atoms with Crippen LogP contribution in [0, 0.1) is 0 Å². The van der Waals surface area contributed by atoms with Crippen molar-refractivity contribution in [1.29, 1.82) is 0 Å². The molecule has 0 fully saturated rings. The molecule has 6 rings (SSSR count). The molecule has 0 saturated heterocycles. The highest BCUT2D eigenvalue weighted by atomic mass is 32.1. The molecule has 0 aliphatic heterocycles. The van der Waals surface area contributed by atoms with Crippen LogP contribution in [0.25, 0.3) is 27.4 Å². The first-order valence-electron chi connectivity index (χ1n) is 12.0. The Labute approximate surface area is 217 Å². The number of hydrogen-bond donors (Lipinski definition) is 0. The van der Waals surface area contributed by atoms with Crippen molar-refractivity contribution in [1.82, 2.24) is 14.6 Å². The Morgan fingerprint density at radius 3 is 2.57 bits per heavy atom. The molecule has 37 heavy (non-hydrogen) atoms. The van der Waals surface area contributed by atoms with Gasteiger partial charge in [0, 0.05) is 0 Å². The molecule has 0 aliphatic carbocycles. The third-order valence-corrected chi connectivity index (χ3v) is 6.99. The molecule has 8 heteroatoms. The molecule has 0 saturated carbocycles. The summed E-state index contributed by atoms with van der Waals surface area (Å²) in [6.45, 7) is 3.05. The van der Waals surface area contributed by atoms with Crippen molar-refractivity contribution in [3.05, 3.63) is 95.7 Å². The van der Waals surface area contributed by atoms with Gasteiger partial charge in [-0.2, -0.15) is 4.52 Å². The summed E-state index contributed by atoms with van der Waals surface area (Å²) < 4.78 is 25.6. The number of methoxy groups -OCH3 is 1. The van der Waals surface area contributed by atoms with Crippen molar-refractivity contribution in [2.75, 3.05) is 7.11 Å². The summed E-state index contributed by atoms with van der Waals surface area (Å²) in [5.74, 6) is 2.26. The predicted octanol–water partition coefficient (Wildman–Crippen LogP) is 6.93. The summed E-state index contributed by atoms with van der Waals surface area (Å²) >= 11 is 1.38. The smallest absolute Gasteiger partial charge is 0.294 e. The fourth-order valence-electron chi connectivity index (χ4n) is 4.16. The first kappa shape index (κ1) is 23.1. The molecule has 186 valence electrons. The third kappa shape index (κ3) is 4.75. The van der Waals surface area contributed by atoms with Crippen LogP contribution in [0.5, 0.6) is 16.7 Å². The van der Waals surface area contributed by atoms with E-state index < -0.39 is 0 Å². The van der Waals surface area contributed by atoms with Gasteiger partial charge in [-0.3, -0.25) is 0 Å². The number of benzene rings is 3. The molecule has 0 aliphatic rings. The van der Waals surface area contributed by atoms with E-state index >= 15 is 0 Å². The van der Waals surface area contributed by atoms with Crippen LogP contribution in [0.4, 0.5) is 0 Å². The summed E-state index contributed by atoms with van der Waals surface area (Å²) in [6, 6.07) is 24.3. The fourth-order valence-corrected chi connectivity index (χ4v) is 4.86. The Bertz CT molecular complexity index is 1670. The molecule has 0 N–H and O–H groups in total. The lowest BCUT2D eigenvalue weighted by Gasteiger charge is -2.11. The summed E-state index contributed by atoms with van der Waals surface area (Å²) in [5, 5.41) is 5.91. The van der Waals surface area contributed by atoms with Crippen molar-refractivity contribution >= 4 is 27.3 Å². The molecule has 3 aromatic carbocycles. The lowest BCUT2D eigenvalue weighted by Crippen LogP contribution is -1.99. The van der Waals surface area contributed by atoms with Gasteiger partial charge in [0.05, 0.1) is 18.7 Å². The second-order valence-corrected chi connectivity index (χ2v) is 9.51. The fraction of sp³-hybridized carbons (Fsp3) is 0.172. The monoisotopic (exact) mass is 511 g/mol. The summed E-state index contributed by atoms with van der Waals surface area (Å²) in [5.41, 5.74) is 4.82. The summed E-state index contributed by atoms with van der Waals surface area (Å²) in [7, 11) is 1.60. The number of aromatic nitrogens is 3. The molecule has 7 nitrogen and oxygen atoms in total. The van der Waals surface area contributed by atoms with E-state index in [1.807, 2.05) is 48.5 Å². The zero-order valence-electron chi connectivity index (χ0n) is 20.5. The Balaban J connectivity index is 1.25. The SMILES string of the molecule is CCc1cc(OCc2cccc(OCc3ccccc3)c2)c2cc(-c3cnc4sc(OC)nn34)oc2c1. The minimum absolute atomic E-state index is 0.408. The van der Waals surface area contributed by atoms with Crippen LogP contribution in [0.3, 0.4) is 0 Å². The van der Waals surface area contributed by atoms with Crippen LogP contribution in [0.15, 0.2) is 83.4 Å². The van der Waals surface area contributed by atoms with E-state index in [9.17, 15) is 0 Å². The van der Waals surface area contributed by atoms with Crippen LogP contribution < -0.4 is 14.2 Å². The van der Waals surface area contributed by atoms with Gasteiger partial charge in [-0.15, -0.1) is 5.10 Å². The van der Waals surface area contributed by atoms with Gasteiger partial charge in [-0.1, -0.05) is 49.4 Å². The number of fused-ring (bicyclic) bond motifs is 2.